The standard InChI is InChI=1S/C17H13F3N2S/c18-17(19,20)14-6-2-1-4-12(14)10-23-16-13(9-21)8-11-5-3-7-15(11)22-16/h1-2,4,6,8H,3,5,7,10H2. The van der Waals surface area contributed by atoms with Gasteiger partial charge in [0.2, 0.25) is 0 Å². The number of aromatic nitrogens is 1. The Bertz CT molecular complexity index is 778. The summed E-state index contributed by atoms with van der Waals surface area (Å²) in [6.45, 7) is 0. The molecule has 0 atom stereocenters. The number of rotatable bonds is 3. The molecule has 118 valence electrons. The minimum atomic E-state index is -4.37. The second-order valence-electron chi connectivity index (χ2n) is 5.36. The predicted octanol–water partition coefficient (Wildman–Crippen LogP) is 4.75. The number of nitrogens with zero attached hydrogens (tertiary/aromatic N) is 2. The minimum Gasteiger partial charge on any atom is -0.245 e. The van der Waals surface area contributed by atoms with Crippen molar-refractivity contribution in [2.24, 2.45) is 0 Å². The second-order valence-corrected chi connectivity index (χ2v) is 6.32. The zero-order chi connectivity index (χ0) is 16.4. The van der Waals surface area contributed by atoms with Gasteiger partial charge in [0.05, 0.1) is 11.1 Å². The quantitative estimate of drug-likeness (QED) is 0.760. The summed E-state index contributed by atoms with van der Waals surface area (Å²) < 4.78 is 39.1. The Labute approximate surface area is 136 Å². The van der Waals surface area contributed by atoms with Gasteiger partial charge in [-0.25, -0.2) is 4.98 Å². The molecule has 0 fully saturated rings. The molecule has 3 rings (SSSR count). The van der Waals surface area contributed by atoms with Gasteiger partial charge in [-0.05, 0) is 42.5 Å². The van der Waals surface area contributed by atoms with E-state index in [-0.39, 0.29) is 11.3 Å². The smallest absolute Gasteiger partial charge is 0.245 e. The zero-order valence-corrected chi connectivity index (χ0v) is 13.0. The number of halogens is 3. The van der Waals surface area contributed by atoms with Crippen molar-refractivity contribution in [2.75, 3.05) is 0 Å². The molecule has 2 nitrogen and oxygen atoms in total. The molecule has 0 amide bonds. The maximum atomic E-state index is 13.0. The fourth-order valence-electron chi connectivity index (χ4n) is 2.71. The van der Waals surface area contributed by atoms with Crippen LogP contribution in [0.4, 0.5) is 13.2 Å². The number of aryl methyl sites for hydroxylation is 2. The number of nitriles is 1. The highest BCUT2D eigenvalue weighted by Crippen LogP contribution is 2.35. The molecular formula is C17H13F3N2S. The first kappa shape index (κ1) is 15.9. The van der Waals surface area contributed by atoms with Crippen molar-refractivity contribution in [3.8, 4) is 6.07 Å². The first-order valence-electron chi connectivity index (χ1n) is 7.20. The summed E-state index contributed by atoms with van der Waals surface area (Å²) >= 11 is 1.19. The molecule has 2 aromatic rings. The highest BCUT2D eigenvalue weighted by Gasteiger charge is 2.32. The van der Waals surface area contributed by atoms with Crippen molar-refractivity contribution in [2.45, 2.75) is 36.2 Å². The van der Waals surface area contributed by atoms with E-state index in [2.05, 4.69) is 11.1 Å². The number of fused-ring (bicyclic) bond motifs is 1. The fourth-order valence-corrected chi connectivity index (χ4v) is 3.69. The van der Waals surface area contributed by atoms with Crippen molar-refractivity contribution in [1.29, 1.82) is 5.26 Å². The van der Waals surface area contributed by atoms with E-state index < -0.39 is 11.7 Å². The van der Waals surface area contributed by atoms with Gasteiger partial charge in [-0.2, -0.15) is 18.4 Å². The lowest BCUT2D eigenvalue weighted by Gasteiger charge is -2.12. The molecule has 1 aliphatic carbocycles. The maximum absolute atomic E-state index is 13.0. The van der Waals surface area contributed by atoms with E-state index in [0.29, 0.717) is 10.6 Å². The lowest BCUT2D eigenvalue weighted by atomic mass is 10.1. The van der Waals surface area contributed by atoms with E-state index >= 15 is 0 Å². The van der Waals surface area contributed by atoms with E-state index in [1.165, 1.54) is 23.9 Å². The topological polar surface area (TPSA) is 36.7 Å². The van der Waals surface area contributed by atoms with Crippen LogP contribution in [-0.2, 0) is 24.8 Å². The molecule has 23 heavy (non-hydrogen) atoms. The Kier molecular flexibility index (Phi) is 4.31. The Hall–Kier alpha value is -2.00. The third-order valence-electron chi connectivity index (χ3n) is 3.82. The Balaban J connectivity index is 1.86. The van der Waals surface area contributed by atoms with Crippen LogP contribution in [0.5, 0.6) is 0 Å². The predicted molar refractivity (Wildman–Crippen MR) is 82.0 cm³/mol. The SMILES string of the molecule is N#Cc1cc2c(nc1SCc1ccccc1C(F)(F)F)CCC2. The minimum absolute atomic E-state index is 0.135. The third kappa shape index (κ3) is 3.35. The Morgan fingerprint density at radius 1 is 1.22 bits per heavy atom. The van der Waals surface area contributed by atoms with Gasteiger partial charge in [-0.15, -0.1) is 11.8 Å². The Morgan fingerprint density at radius 2 is 2.00 bits per heavy atom. The molecule has 0 saturated carbocycles. The molecule has 0 radical (unpaired) electrons. The first-order chi connectivity index (χ1) is 11.0. The largest absolute Gasteiger partial charge is 0.416 e. The highest BCUT2D eigenvalue weighted by molar-refractivity contribution is 7.98. The van der Waals surface area contributed by atoms with Gasteiger partial charge in [-0.1, -0.05) is 18.2 Å². The normalized spacial score (nSPS) is 13.7. The van der Waals surface area contributed by atoms with Crippen LogP contribution in [0.2, 0.25) is 0 Å². The van der Waals surface area contributed by atoms with Crippen LogP contribution in [0.25, 0.3) is 0 Å². The van der Waals surface area contributed by atoms with Gasteiger partial charge in [-0.3, -0.25) is 0 Å². The number of thioether (sulfide) groups is 1. The number of benzene rings is 1. The number of hydrogen-bond donors (Lipinski definition) is 0. The molecule has 0 aliphatic heterocycles. The number of hydrogen-bond acceptors (Lipinski definition) is 3. The van der Waals surface area contributed by atoms with Gasteiger partial charge in [0, 0.05) is 11.4 Å². The molecule has 0 N–H and O–H groups in total. The van der Waals surface area contributed by atoms with Crippen LogP contribution in [0.15, 0.2) is 35.4 Å². The van der Waals surface area contributed by atoms with Crippen LogP contribution < -0.4 is 0 Å². The summed E-state index contributed by atoms with van der Waals surface area (Å²) in [5.74, 6) is 0.135. The van der Waals surface area contributed by atoms with Crippen molar-refractivity contribution < 1.29 is 13.2 Å². The van der Waals surface area contributed by atoms with Crippen LogP contribution in [0, 0.1) is 11.3 Å². The lowest BCUT2D eigenvalue weighted by molar-refractivity contribution is -0.138. The average molecular weight is 334 g/mol. The molecule has 0 spiro atoms. The molecule has 6 heteroatoms. The average Bonchev–Trinajstić information content (AvgIpc) is 2.98. The molecule has 0 bridgehead atoms. The summed E-state index contributed by atoms with van der Waals surface area (Å²) in [5, 5.41) is 9.77. The van der Waals surface area contributed by atoms with Crippen molar-refractivity contribution >= 4 is 11.8 Å². The molecule has 1 aromatic heterocycles. The summed E-state index contributed by atoms with van der Waals surface area (Å²) in [4.78, 5) is 4.49. The Morgan fingerprint density at radius 3 is 2.74 bits per heavy atom. The number of pyridine rings is 1. The maximum Gasteiger partial charge on any atom is 0.416 e. The summed E-state index contributed by atoms with van der Waals surface area (Å²) in [6, 6.07) is 9.45. The number of alkyl halides is 3. The van der Waals surface area contributed by atoms with Crippen LogP contribution in [0.3, 0.4) is 0 Å². The second kappa shape index (κ2) is 6.25. The van der Waals surface area contributed by atoms with E-state index in [4.69, 9.17) is 0 Å². The van der Waals surface area contributed by atoms with Crippen LogP contribution in [-0.4, -0.2) is 4.98 Å². The highest BCUT2D eigenvalue weighted by atomic mass is 32.2. The molecule has 1 aromatic carbocycles. The van der Waals surface area contributed by atoms with Crippen molar-refractivity contribution in [3.05, 3.63) is 58.3 Å². The van der Waals surface area contributed by atoms with Gasteiger partial charge in [0.1, 0.15) is 11.1 Å². The molecule has 1 heterocycles. The van der Waals surface area contributed by atoms with Gasteiger partial charge >= 0.3 is 6.18 Å². The van der Waals surface area contributed by atoms with Gasteiger partial charge in [0.15, 0.2) is 0 Å². The van der Waals surface area contributed by atoms with E-state index in [1.807, 2.05) is 6.07 Å². The third-order valence-corrected chi connectivity index (χ3v) is 4.86. The summed E-state index contributed by atoms with van der Waals surface area (Å²) in [5.41, 5.74) is 2.07. The van der Waals surface area contributed by atoms with Crippen molar-refractivity contribution in [1.82, 2.24) is 4.98 Å². The molecule has 0 saturated heterocycles. The molecule has 1 aliphatic rings. The monoisotopic (exact) mass is 334 g/mol. The van der Waals surface area contributed by atoms with Crippen molar-refractivity contribution in [3.63, 3.8) is 0 Å². The first-order valence-corrected chi connectivity index (χ1v) is 8.18. The van der Waals surface area contributed by atoms with Gasteiger partial charge in [0.25, 0.3) is 0 Å². The summed E-state index contributed by atoms with van der Waals surface area (Å²) in [6.07, 6.45) is -1.58. The van der Waals surface area contributed by atoms with Crippen LogP contribution in [0.1, 0.15) is 34.4 Å². The molecule has 0 unspecified atom stereocenters. The van der Waals surface area contributed by atoms with E-state index in [9.17, 15) is 18.4 Å². The molecular weight excluding hydrogens is 321 g/mol. The van der Waals surface area contributed by atoms with Gasteiger partial charge < -0.3 is 0 Å². The van der Waals surface area contributed by atoms with E-state index in [1.54, 1.807) is 6.07 Å². The summed E-state index contributed by atoms with van der Waals surface area (Å²) in [7, 11) is 0. The zero-order valence-electron chi connectivity index (χ0n) is 12.2. The van der Waals surface area contributed by atoms with Crippen LogP contribution >= 0.6 is 11.8 Å². The lowest BCUT2D eigenvalue weighted by Crippen LogP contribution is -2.08. The van der Waals surface area contributed by atoms with E-state index in [0.717, 1.165) is 36.6 Å². The fraction of sp³-hybridized carbons (Fsp3) is 0.294.